The van der Waals surface area contributed by atoms with E-state index in [1.165, 1.54) is 10.9 Å². The third kappa shape index (κ3) is 4.20. The minimum Gasteiger partial charge on any atom is -0.481 e. The zero-order valence-corrected chi connectivity index (χ0v) is 13.6. The van der Waals surface area contributed by atoms with Crippen LogP contribution in [0.2, 0.25) is 0 Å². The van der Waals surface area contributed by atoms with Crippen LogP contribution >= 0.6 is 0 Å². The van der Waals surface area contributed by atoms with E-state index < -0.39 is 12.6 Å². The Morgan fingerprint density at radius 1 is 1.19 bits per heavy atom. The van der Waals surface area contributed by atoms with Gasteiger partial charge in [0.2, 0.25) is 0 Å². The number of aromatic nitrogens is 3. The van der Waals surface area contributed by atoms with Crippen LogP contribution in [0, 0.1) is 0 Å². The molecule has 2 aromatic carbocycles. The fraction of sp³-hybridized carbons (Fsp3) is 0.118. The standard InChI is InChI=1S/C17H15N5O4/c23-16(10-22-14-7-3-2-6-13(14)19-21-22)20-18-9-12-5-1-4-8-15(12)26-11-17(24)25/h1-9H,10-11H2,(H,20,23)(H,24,25)/b18-9-. The number of rotatable bonds is 7. The molecule has 0 aliphatic rings. The summed E-state index contributed by atoms with van der Waals surface area (Å²) in [4.78, 5) is 22.6. The number of hydrazone groups is 1. The van der Waals surface area contributed by atoms with Gasteiger partial charge in [-0.05, 0) is 24.3 Å². The summed E-state index contributed by atoms with van der Waals surface area (Å²) in [5, 5.41) is 20.5. The van der Waals surface area contributed by atoms with Crippen LogP contribution in [0.1, 0.15) is 5.56 Å². The Hall–Kier alpha value is -3.75. The lowest BCUT2D eigenvalue weighted by Gasteiger charge is -2.06. The van der Waals surface area contributed by atoms with E-state index in [0.29, 0.717) is 16.8 Å². The highest BCUT2D eigenvalue weighted by Gasteiger charge is 2.08. The summed E-state index contributed by atoms with van der Waals surface area (Å²) in [6.07, 6.45) is 1.38. The molecular weight excluding hydrogens is 338 g/mol. The lowest BCUT2D eigenvalue weighted by molar-refractivity contribution is -0.139. The molecule has 1 amide bonds. The van der Waals surface area contributed by atoms with Gasteiger partial charge in [0, 0.05) is 5.56 Å². The van der Waals surface area contributed by atoms with Crippen molar-refractivity contribution < 1.29 is 19.4 Å². The number of fused-ring (bicyclic) bond motifs is 1. The Labute approximate surface area is 147 Å². The summed E-state index contributed by atoms with van der Waals surface area (Å²) < 4.78 is 6.64. The average molecular weight is 353 g/mol. The van der Waals surface area contributed by atoms with E-state index in [1.54, 1.807) is 24.3 Å². The van der Waals surface area contributed by atoms with Crippen molar-refractivity contribution >= 4 is 29.1 Å². The zero-order chi connectivity index (χ0) is 18.4. The predicted molar refractivity (Wildman–Crippen MR) is 92.8 cm³/mol. The van der Waals surface area contributed by atoms with Gasteiger partial charge in [-0.2, -0.15) is 5.10 Å². The van der Waals surface area contributed by atoms with Gasteiger partial charge in [0.15, 0.2) is 6.61 Å². The van der Waals surface area contributed by atoms with Crippen LogP contribution in [0.3, 0.4) is 0 Å². The highest BCUT2D eigenvalue weighted by molar-refractivity contribution is 5.85. The van der Waals surface area contributed by atoms with E-state index in [-0.39, 0.29) is 12.5 Å². The number of carboxylic acids is 1. The molecule has 0 fully saturated rings. The van der Waals surface area contributed by atoms with E-state index in [1.807, 2.05) is 24.3 Å². The normalized spacial score (nSPS) is 10.9. The largest absolute Gasteiger partial charge is 0.481 e. The quantitative estimate of drug-likeness (QED) is 0.484. The van der Waals surface area contributed by atoms with Crippen LogP contribution in [0.15, 0.2) is 53.6 Å². The van der Waals surface area contributed by atoms with Crippen LogP contribution in [-0.4, -0.2) is 44.8 Å². The average Bonchev–Trinajstić information content (AvgIpc) is 3.04. The topological polar surface area (TPSA) is 119 Å². The van der Waals surface area contributed by atoms with Gasteiger partial charge >= 0.3 is 5.97 Å². The number of benzene rings is 2. The number of amides is 1. The van der Waals surface area contributed by atoms with E-state index >= 15 is 0 Å². The first-order valence-electron chi connectivity index (χ1n) is 7.67. The van der Waals surface area contributed by atoms with Crippen molar-refractivity contribution in [2.24, 2.45) is 5.10 Å². The minimum atomic E-state index is -1.08. The van der Waals surface area contributed by atoms with Gasteiger partial charge in [-0.3, -0.25) is 4.79 Å². The number of ether oxygens (including phenoxy) is 1. The molecule has 0 atom stereocenters. The molecule has 1 heterocycles. The summed E-state index contributed by atoms with van der Waals surface area (Å²) in [5.41, 5.74) is 4.39. The number of hydrogen-bond donors (Lipinski definition) is 2. The number of hydrogen-bond acceptors (Lipinski definition) is 6. The molecule has 3 aromatic rings. The molecule has 0 radical (unpaired) electrons. The van der Waals surface area contributed by atoms with Gasteiger partial charge in [0.25, 0.3) is 5.91 Å². The summed E-state index contributed by atoms with van der Waals surface area (Å²) in [6, 6.07) is 14.1. The molecule has 26 heavy (non-hydrogen) atoms. The molecule has 0 aliphatic carbocycles. The SMILES string of the molecule is O=C(O)COc1ccccc1/C=N\NC(=O)Cn1nnc2ccccc21. The van der Waals surface area contributed by atoms with Crippen LogP contribution < -0.4 is 10.2 Å². The van der Waals surface area contributed by atoms with Gasteiger partial charge in [-0.25, -0.2) is 14.9 Å². The summed E-state index contributed by atoms with van der Waals surface area (Å²) in [5.74, 6) is -1.10. The number of carbonyl (C=O) groups excluding carboxylic acids is 1. The molecule has 0 unspecified atom stereocenters. The van der Waals surface area contributed by atoms with Crippen LogP contribution in [0.5, 0.6) is 5.75 Å². The maximum Gasteiger partial charge on any atom is 0.341 e. The maximum atomic E-state index is 12.0. The van der Waals surface area contributed by atoms with Gasteiger partial charge in [-0.15, -0.1) is 5.10 Å². The molecule has 132 valence electrons. The fourth-order valence-electron chi connectivity index (χ4n) is 2.24. The number of nitrogens with one attached hydrogen (secondary N) is 1. The smallest absolute Gasteiger partial charge is 0.341 e. The Balaban J connectivity index is 1.62. The van der Waals surface area contributed by atoms with E-state index in [0.717, 1.165) is 5.52 Å². The van der Waals surface area contributed by atoms with Crippen LogP contribution in [-0.2, 0) is 16.1 Å². The molecule has 0 saturated heterocycles. The van der Waals surface area contributed by atoms with E-state index in [9.17, 15) is 9.59 Å². The van der Waals surface area contributed by atoms with Crippen molar-refractivity contribution in [1.29, 1.82) is 0 Å². The monoisotopic (exact) mass is 353 g/mol. The zero-order valence-electron chi connectivity index (χ0n) is 13.6. The Morgan fingerprint density at radius 3 is 2.81 bits per heavy atom. The number of para-hydroxylation sites is 2. The van der Waals surface area contributed by atoms with Crippen molar-refractivity contribution in [3.63, 3.8) is 0 Å². The maximum absolute atomic E-state index is 12.0. The molecule has 0 spiro atoms. The van der Waals surface area contributed by atoms with Gasteiger partial charge in [0.1, 0.15) is 17.8 Å². The Kier molecular flexibility index (Phi) is 5.18. The summed E-state index contributed by atoms with van der Waals surface area (Å²) in [7, 11) is 0. The van der Waals surface area contributed by atoms with Gasteiger partial charge in [-0.1, -0.05) is 29.5 Å². The number of aliphatic carboxylic acids is 1. The molecular formula is C17H15N5O4. The molecule has 9 heteroatoms. The van der Waals surface area contributed by atoms with Gasteiger partial charge < -0.3 is 9.84 Å². The van der Waals surface area contributed by atoms with E-state index in [4.69, 9.17) is 9.84 Å². The second kappa shape index (κ2) is 7.88. The third-order valence-corrected chi connectivity index (χ3v) is 3.38. The second-order valence-electron chi connectivity index (χ2n) is 5.25. The first-order valence-corrected chi connectivity index (χ1v) is 7.67. The highest BCUT2D eigenvalue weighted by Crippen LogP contribution is 2.15. The summed E-state index contributed by atoms with van der Waals surface area (Å²) in [6.45, 7) is -0.494. The first-order chi connectivity index (χ1) is 12.6. The lowest BCUT2D eigenvalue weighted by atomic mass is 10.2. The third-order valence-electron chi connectivity index (χ3n) is 3.38. The van der Waals surface area contributed by atoms with E-state index in [2.05, 4.69) is 20.8 Å². The molecule has 2 N–H and O–H groups in total. The minimum absolute atomic E-state index is 0.0327. The van der Waals surface area contributed by atoms with Crippen molar-refractivity contribution in [3.8, 4) is 5.75 Å². The van der Waals surface area contributed by atoms with Crippen molar-refractivity contribution in [2.45, 2.75) is 6.54 Å². The number of carboxylic acid groups (broad SMARTS) is 1. The van der Waals surface area contributed by atoms with Crippen molar-refractivity contribution in [2.75, 3.05) is 6.61 Å². The molecule has 0 aliphatic heterocycles. The number of carbonyl (C=O) groups is 2. The molecule has 9 nitrogen and oxygen atoms in total. The fourth-order valence-corrected chi connectivity index (χ4v) is 2.24. The second-order valence-corrected chi connectivity index (χ2v) is 5.25. The Morgan fingerprint density at radius 2 is 1.96 bits per heavy atom. The molecule has 0 saturated carbocycles. The van der Waals surface area contributed by atoms with Crippen molar-refractivity contribution in [3.05, 3.63) is 54.1 Å². The van der Waals surface area contributed by atoms with Gasteiger partial charge in [0.05, 0.1) is 11.7 Å². The molecule has 3 rings (SSSR count). The predicted octanol–water partition coefficient (Wildman–Crippen LogP) is 1.04. The lowest BCUT2D eigenvalue weighted by Crippen LogP contribution is -2.23. The summed E-state index contributed by atoms with van der Waals surface area (Å²) >= 11 is 0. The first kappa shape index (κ1) is 17.1. The molecule has 1 aromatic heterocycles. The number of nitrogens with zero attached hydrogens (tertiary/aromatic N) is 4. The van der Waals surface area contributed by atoms with Crippen LogP contribution in [0.25, 0.3) is 11.0 Å². The van der Waals surface area contributed by atoms with Crippen molar-refractivity contribution in [1.82, 2.24) is 20.4 Å². The van der Waals surface area contributed by atoms with Crippen LogP contribution in [0.4, 0.5) is 0 Å². The highest BCUT2D eigenvalue weighted by atomic mass is 16.5. The molecule has 0 bridgehead atoms. The Bertz CT molecular complexity index is 966.